The number of rotatable bonds is 3. The molecule has 1 amide bonds. The molecule has 4 rings (SSSR count). The third-order valence-electron chi connectivity index (χ3n) is 4.04. The van der Waals surface area contributed by atoms with Crippen molar-refractivity contribution in [2.45, 2.75) is 0 Å². The number of nitrogens with one attached hydrogen (secondary N) is 1. The van der Waals surface area contributed by atoms with Crippen LogP contribution >= 0.6 is 11.6 Å². The highest BCUT2D eigenvalue weighted by Gasteiger charge is 2.18. The molecule has 2 aromatic carbocycles. The molecule has 2 heterocycles. The zero-order valence-electron chi connectivity index (χ0n) is 13.8. The third-order valence-corrected chi connectivity index (χ3v) is 4.26. The summed E-state index contributed by atoms with van der Waals surface area (Å²) in [5.74, 6) is -0.851. The molecule has 0 aliphatic carbocycles. The van der Waals surface area contributed by atoms with Crippen LogP contribution in [0.3, 0.4) is 0 Å². The standard InChI is InChI=1S/C20H12ClF2N3O/c21-14-5-10-17-24-18(12-1-6-15(22)7-2-12)19(26(17)11-14)25-20(27)13-3-8-16(23)9-4-13/h1-11H,(H,25,27). The van der Waals surface area contributed by atoms with E-state index in [0.29, 0.717) is 33.3 Å². The summed E-state index contributed by atoms with van der Waals surface area (Å²) < 4.78 is 28.0. The molecule has 0 spiro atoms. The molecule has 0 radical (unpaired) electrons. The maximum atomic E-state index is 13.3. The molecule has 7 heteroatoms. The second-order valence-electron chi connectivity index (χ2n) is 5.85. The zero-order chi connectivity index (χ0) is 19.0. The lowest BCUT2D eigenvalue weighted by Crippen LogP contribution is -2.14. The van der Waals surface area contributed by atoms with Crippen LogP contribution in [0.5, 0.6) is 0 Å². The topological polar surface area (TPSA) is 46.4 Å². The van der Waals surface area contributed by atoms with E-state index < -0.39 is 11.7 Å². The van der Waals surface area contributed by atoms with Crippen molar-refractivity contribution in [2.24, 2.45) is 0 Å². The predicted octanol–water partition coefficient (Wildman–Crippen LogP) is 5.19. The SMILES string of the molecule is O=C(Nc1c(-c2ccc(F)cc2)nc2ccc(Cl)cn12)c1ccc(F)cc1. The van der Waals surface area contributed by atoms with Crippen LogP contribution in [-0.4, -0.2) is 15.3 Å². The summed E-state index contributed by atoms with van der Waals surface area (Å²) >= 11 is 6.09. The first-order chi connectivity index (χ1) is 13.0. The fraction of sp³-hybridized carbons (Fsp3) is 0. The number of amides is 1. The van der Waals surface area contributed by atoms with Gasteiger partial charge in [-0.1, -0.05) is 11.6 Å². The molecule has 0 saturated heterocycles. The molecule has 134 valence electrons. The number of hydrogen-bond acceptors (Lipinski definition) is 2. The first kappa shape index (κ1) is 17.2. The van der Waals surface area contributed by atoms with Crippen molar-refractivity contribution in [3.8, 4) is 11.3 Å². The van der Waals surface area contributed by atoms with Crippen LogP contribution < -0.4 is 5.32 Å². The van der Waals surface area contributed by atoms with Crippen molar-refractivity contribution in [3.05, 3.63) is 89.1 Å². The molecule has 0 fully saturated rings. The fourth-order valence-electron chi connectivity index (χ4n) is 2.73. The highest BCUT2D eigenvalue weighted by atomic mass is 35.5. The Labute approximate surface area is 158 Å². The Morgan fingerprint density at radius 1 is 0.926 bits per heavy atom. The summed E-state index contributed by atoms with van der Waals surface area (Å²) in [6.45, 7) is 0. The van der Waals surface area contributed by atoms with Gasteiger partial charge in [-0.15, -0.1) is 0 Å². The van der Waals surface area contributed by atoms with Crippen molar-refractivity contribution in [2.75, 3.05) is 5.32 Å². The molecule has 27 heavy (non-hydrogen) atoms. The van der Waals surface area contributed by atoms with Crippen molar-refractivity contribution < 1.29 is 13.6 Å². The maximum absolute atomic E-state index is 13.3. The fourth-order valence-corrected chi connectivity index (χ4v) is 2.89. The normalized spacial score (nSPS) is 10.9. The lowest BCUT2D eigenvalue weighted by atomic mass is 10.1. The summed E-state index contributed by atoms with van der Waals surface area (Å²) in [6.07, 6.45) is 1.62. The van der Waals surface area contributed by atoms with Gasteiger partial charge in [0.1, 0.15) is 28.8 Å². The van der Waals surface area contributed by atoms with Crippen molar-refractivity contribution >= 4 is 29.0 Å². The molecular formula is C20H12ClF2N3O. The number of benzene rings is 2. The van der Waals surface area contributed by atoms with Crippen molar-refractivity contribution in [3.63, 3.8) is 0 Å². The van der Waals surface area contributed by atoms with Crippen LogP contribution in [0.4, 0.5) is 14.6 Å². The Morgan fingerprint density at radius 2 is 1.56 bits per heavy atom. The van der Waals surface area contributed by atoms with E-state index in [-0.39, 0.29) is 5.82 Å². The lowest BCUT2D eigenvalue weighted by molar-refractivity contribution is 0.102. The number of hydrogen-bond donors (Lipinski definition) is 1. The van der Waals surface area contributed by atoms with Crippen molar-refractivity contribution in [1.82, 2.24) is 9.38 Å². The molecule has 0 aliphatic heterocycles. The minimum absolute atomic E-state index is 0.290. The molecular weight excluding hydrogens is 372 g/mol. The lowest BCUT2D eigenvalue weighted by Gasteiger charge is -2.08. The number of aromatic nitrogens is 2. The van der Waals surface area contributed by atoms with Gasteiger partial charge < -0.3 is 5.32 Å². The molecule has 0 saturated carbocycles. The summed E-state index contributed by atoms with van der Waals surface area (Å²) in [4.78, 5) is 17.1. The summed E-state index contributed by atoms with van der Waals surface area (Å²) in [5, 5.41) is 3.26. The maximum Gasteiger partial charge on any atom is 0.256 e. The van der Waals surface area contributed by atoms with Gasteiger partial charge in [0.25, 0.3) is 5.91 Å². The average Bonchev–Trinajstić information content (AvgIpc) is 3.00. The predicted molar refractivity (Wildman–Crippen MR) is 99.9 cm³/mol. The van der Waals surface area contributed by atoms with E-state index in [1.165, 1.54) is 36.4 Å². The number of carbonyl (C=O) groups is 1. The van der Waals surface area contributed by atoms with Gasteiger partial charge in [0.2, 0.25) is 0 Å². The first-order valence-electron chi connectivity index (χ1n) is 8.02. The minimum Gasteiger partial charge on any atom is -0.306 e. The molecule has 1 N–H and O–H groups in total. The monoisotopic (exact) mass is 383 g/mol. The van der Waals surface area contributed by atoms with Crippen LogP contribution in [0.1, 0.15) is 10.4 Å². The molecule has 0 bridgehead atoms. The van der Waals surface area contributed by atoms with Gasteiger partial charge in [0.15, 0.2) is 0 Å². The van der Waals surface area contributed by atoms with E-state index in [1.54, 1.807) is 34.9 Å². The molecule has 4 nitrogen and oxygen atoms in total. The number of carbonyl (C=O) groups excluding carboxylic acids is 1. The summed E-state index contributed by atoms with van der Waals surface area (Å²) in [7, 11) is 0. The number of pyridine rings is 1. The number of anilines is 1. The number of halogens is 3. The minimum atomic E-state index is -0.430. The van der Waals surface area contributed by atoms with Gasteiger partial charge in [-0.2, -0.15) is 0 Å². The largest absolute Gasteiger partial charge is 0.306 e. The second kappa shape index (κ2) is 6.81. The number of imidazole rings is 1. The Hall–Kier alpha value is -3.25. The van der Waals surface area contributed by atoms with Crippen LogP contribution in [0.15, 0.2) is 66.9 Å². The zero-order valence-corrected chi connectivity index (χ0v) is 14.5. The van der Waals surface area contributed by atoms with E-state index in [4.69, 9.17) is 11.6 Å². The smallest absolute Gasteiger partial charge is 0.256 e. The van der Waals surface area contributed by atoms with E-state index in [1.807, 2.05) is 0 Å². The van der Waals surface area contributed by atoms with Crippen LogP contribution in [0.25, 0.3) is 16.9 Å². The van der Waals surface area contributed by atoms with Crippen LogP contribution in [0, 0.1) is 11.6 Å². The van der Waals surface area contributed by atoms with Crippen LogP contribution in [-0.2, 0) is 0 Å². The Balaban J connectivity index is 1.82. The molecule has 0 unspecified atom stereocenters. The van der Waals surface area contributed by atoms with Crippen molar-refractivity contribution in [1.29, 1.82) is 0 Å². The van der Waals surface area contributed by atoms with Gasteiger partial charge in [-0.25, -0.2) is 13.8 Å². The Morgan fingerprint density at radius 3 is 2.22 bits per heavy atom. The van der Waals surface area contributed by atoms with E-state index in [9.17, 15) is 13.6 Å². The van der Waals surface area contributed by atoms with Gasteiger partial charge in [-0.3, -0.25) is 9.20 Å². The molecule has 2 aromatic heterocycles. The Kier molecular flexibility index (Phi) is 4.33. The Bertz CT molecular complexity index is 1140. The quantitative estimate of drug-likeness (QED) is 0.529. The molecule has 0 atom stereocenters. The molecule has 0 aliphatic rings. The first-order valence-corrected chi connectivity index (χ1v) is 8.39. The van der Waals surface area contributed by atoms with E-state index in [0.717, 1.165) is 0 Å². The third kappa shape index (κ3) is 3.39. The number of nitrogens with zero attached hydrogens (tertiary/aromatic N) is 2. The van der Waals surface area contributed by atoms with E-state index >= 15 is 0 Å². The second-order valence-corrected chi connectivity index (χ2v) is 6.29. The highest BCUT2D eigenvalue weighted by Crippen LogP contribution is 2.30. The van der Waals surface area contributed by atoms with E-state index in [2.05, 4.69) is 10.3 Å². The average molecular weight is 384 g/mol. The summed E-state index contributed by atoms with van der Waals surface area (Å²) in [5.41, 5.74) is 1.95. The highest BCUT2D eigenvalue weighted by molar-refractivity contribution is 6.30. The van der Waals surface area contributed by atoms with Gasteiger partial charge >= 0.3 is 0 Å². The summed E-state index contributed by atoms with van der Waals surface area (Å²) in [6, 6.07) is 14.4. The van der Waals surface area contributed by atoms with Gasteiger partial charge in [0.05, 0.1) is 5.02 Å². The van der Waals surface area contributed by atoms with Gasteiger partial charge in [-0.05, 0) is 60.7 Å². The van der Waals surface area contributed by atoms with Gasteiger partial charge in [0, 0.05) is 17.3 Å². The molecule has 4 aromatic rings. The van der Waals surface area contributed by atoms with Crippen LogP contribution in [0.2, 0.25) is 5.02 Å². The number of fused-ring (bicyclic) bond motifs is 1.